The molecule has 0 aromatic carbocycles. The van der Waals surface area contributed by atoms with Gasteiger partial charge in [-0.3, -0.25) is 9.78 Å². The van der Waals surface area contributed by atoms with E-state index in [1.165, 1.54) is 6.20 Å². The summed E-state index contributed by atoms with van der Waals surface area (Å²) in [4.78, 5) is 28.3. The summed E-state index contributed by atoms with van der Waals surface area (Å²) < 4.78 is 63.2. The van der Waals surface area contributed by atoms with E-state index in [0.717, 1.165) is 31.2 Å². The Morgan fingerprint density at radius 3 is 2.44 bits per heavy atom. The van der Waals surface area contributed by atoms with Gasteiger partial charge in [0.05, 0.1) is 18.3 Å². The number of amides is 1. The molecule has 0 radical (unpaired) electrons. The van der Waals surface area contributed by atoms with Crippen LogP contribution in [-0.4, -0.2) is 71.1 Å². The van der Waals surface area contributed by atoms with Gasteiger partial charge in [0.2, 0.25) is 0 Å². The Bertz CT molecular complexity index is 1040. The molecule has 8 nitrogen and oxygen atoms in total. The SMILES string of the molecule is N=Cc1ncc(N2CCC3(CC2)CN(C(=O)c2ccc(C(F)(F)F)cn2)C3)nc1NCC(F)F. The number of anilines is 2. The molecule has 4 rings (SSSR count). The van der Waals surface area contributed by atoms with Gasteiger partial charge in [0.15, 0.2) is 5.82 Å². The van der Waals surface area contributed by atoms with E-state index in [9.17, 15) is 26.7 Å². The first-order chi connectivity index (χ1) is 16.1. The van der Waals surface area contributed by atoms with Crippen LogP contribution in [0, 0.1) is 10.8 Å². The summed E-state index contributed by atoms with van der Waals surface area (Å²) in [7, 11) is 0. The summed E-state index contributed by atoms with van der Waals surface area (Å²) in [5.41, 5.74) is -0.841. The summed E-state index contributed by atoms with van der Waals surface area (Å²) in [6, 6.07) is 1.94. The summed E-state index contributed by atoms with van der Waals surface area (Å²) in [6.07, 6.45) is -2.46. The maximum absolute atomic E-state index is 12.7. The molecule has 182 valence electrons. The fourth-order valence-electron chi connectivity index (χ4n) is 4.23. The van der Waals surface area contributed by atoms with Gasteiger partial charge >= 0.3 is 6.18 Å². The number of carbonyl (C=O) groups is 1. The summed E-state index contributed by atoms with van der Waals surface area (Å²) in [6.45, 7) is 1.62. The lowest BCUT2D eigenvalue weighted by Gasteiger charge is -2.54. The highest BCUT2D eigenvalue weighted by atomic mass is 19.4. The quantitative estimate of drug-likeness (QED) is 0.483. The van der Waals surface area contributed by atoms with Crippen molar-refractivity contribution in [3.63, 3.8) is 0 Å². The number of nitrogens with one attached hydrogen (secondary N) is 2. The van der Waals surface area contributed by atoms with Gasteiger partial charge in [-0.1, -0.05) is 0 Å². The third kappa shape index (κ3) is 4.92. The molecule has 34 heavy (non-hydrogen) atoms. The average Bonchev–Trinajstić information content (AvgIpc) is 2.80. The minimum atomic E-state index is -4.51. The lowest BCUT2D eigenvalue weighted by molar-refractivity contribution is -0.137. The smallest absolute Gasteiger partial charge is 0.362 e. The second-order valence-corrected chi connectivity index (χ2v) is 8.46. The maximum Gasteiger partial charge on any atom is 0.417 e. The molecule has 0 atom stereocenters. The average molecular weight is 483 g/mol. The number of carbonyl (C=O) groups excluding carboxylic acids is 1. The lowest BCUT2D eigenvalue weighted by atomic mass is 9.72. The van der Waals surface area contributed by atoms with Crippen molar-refractivity contribution < 1.29 is 26.7 Å². The molecule has 2 N–H and O–H groups in total. The number of rotatable bonds is 6. The van der Waals surface area contributed by atoms with Crippen molar-refractivity contribution in [1.29, 1.82) is 5.41 Å². The summed E-state index contributed by atoms with van der Waals surface area (Å²) in [5, 5.41) is 9.88. The molecule has 2 aromatic rings. The van der Waals surface area contributed by atoms with Crippen LogP contribution in [0.3, 0.4) is 0 Å². The van der Waals surface area contributed by atoms with Crippen molar-refractivity contribution in [3.05, 3.63) is 41.5 Å². The van der Waals surface area contributed by atoms with Gasteiger partial charge in [-0.15, -0.1) is 0 Å². The van der Waals surface area contributed by atoms with Crippen LogP contribution in [0.4, 0.5) is 33.6 Å². The Morgan fingerprint density at radius 2 is 1.88 bits per heavy atom. The summed E-state index contributed by atoms with van der Waals surface area (Å²) >= 11 is 0. The van der Waals surface area contributed by atoms with E-state index in [1.54, 1.807) is 4.90 Å². The van der Waals surface area contributed by atoms with Crippen molar-refractivity contribution in [2.24, 2.45) is 5.41 Å². The Balaban J connectivity index is 1.34. The van der Waals surface area contributed by atoms with Gasteiger partial charge in [0.1, 0.15) is 17.2 Å². The van der Waals surface area contributed by atoms with E-state index < -0.39 is 30.6 Å². The van der Waals surface area contributed by atoms with Crippen LogP contribution < -0.4 is 10.2 Å². The molecule has 2 fully saturated rings. The molecule has 1 amide bonds. The highest BCUT2D eigenvalue weighted by Gasteiger charge is 2.47. The predicted molar refractivity (Wildman–Crippen MR) is 113 cm³/mol. The highest BCUT2D eigenvalue weighted by Crippen LogP contribution is 2.41. The van der Waals surface area contributed by atoms with Crippen molar-refractivity contribution in [2.45, 2.75) is 25.4 Å². The normalized spacial score (nSPS) is 17.6. The van der Waals surface area contributed by atoms with Crippen molar-refractivity contribution >= 4 is 23.8 Å². The van der Waals surface area contributed by atoms with Crippen LogP contribution >= 0.6 is 0 Å². The van der Waals surface area contributed by atoms with Gasteiger partial charge in [-0.25, -0.2) is 18.7 Å². The first-order valence-electron chi connectivity index (χ1n) is 10.6. The van der Waals surface area contributed by atoms with Gasteiger partial charge < -0.3 is 20.5 Å². The standard InChI is InChI=1S/C21H22F5N7O/c22-16(23)9-30-18-15(7-27)29-10-17(31-18)32-5-3-20(4-6-32)11-33(12-20)19(34)14-2-1-13(8-28-14)21(24,25)26/h1-2,7-8,10,16,27H,3-6,9,11-12H2,(H,30,31). The second kappa shape index (κ2) is 9.11. The van der Waals surface area contributed by atoms with Gasteiger partial charge in [0.25, 0.3) is 12.3 Å². The first-order valence-corrected chi connectivity index (χ1v) is 10.6. The van der Waals surface area contributed by atoms with E-state index in [4.69, 9.17) is 5.41 Å². The Kier molecular flexibility index (Phi) is 6.36. The Hall–Kier alpha value is -3.38. The molecule has 2 aliphatic rings. The Morgan fingerprint density at radius 1 is 1.18 bits per heavy atom. The molecule has 0 saturated carbocycles. The number of pyridine rings is 1. The van der Waals surface area contributed by atoms with Crippen molar-refractivity contribution in [3.8, 4) is 0 Å². The van der Waals surface area contributed by atoms with Crippen molar-refractivity contribution in [2.75, 3.05) is 42.9 Å². The van der Waals surface area contributed by atoms with Crippen LogP contribution in [0.15, 0.2) is 24.5 Å². The molecule has 0 bridgehead atoms. The predicted octanol–water partition coefficient (Wildman–Crippen LogP) is 3.31. The zero-order valence-corrected chi connectivity index (χ0v) is 17.9. The van der Waals surface area contributed by atoms with Crippen LogP contribution in [0.2, 0.25) is 0 Å². The second-order valence-electron chi connectivity index (χ2n) is 8.46. The van der Waals surface area contributed by atoms with E-state index in [2.05, 4.69) is 20.3 Å². The molecule has 0 aliphatic carbocycles. The molecular formula is C21H22F5N7O. The molecule has 1 spiro atoms. The van der Waals surface area contributed by atoms with Gasteiger partial charge in [-0.2, -0.15) is 13.2 Å². The lowest BCUT2D eigenvalue weighted by Crippen LogP contribution is -2.62. The number of hydrogen-bond donors (Lipinski definition) is 2. The largest absolute Gasteiger partial charge is 0.417 e. The minimum absolute atomic E-state index is 0.0225. The fourth-order valence-corrected chi connectivity index (χ4v) is 4.23. The summed E-state index contributed by atoms with van der Waals surface area (Å²) in [5.74, 6) is 0.237. The molecule has 0 unspecified atom stereocenters. The number of likely N-dealkylation sites (tertiary alicyclic amines) is 1. The zero-order valence-electron chi connectivity index (χ0n) is 17.9. The molecule has 13 heteroatoms. The monoisotopic (exact) mass is 483 g/mol. The number of hydrogen-bond acceptors (Lipinski definition) is 7. The zero-order chi connectivity index (χ0) is 24.5. The van der Waals surface area contributed by atoms with E-state index in [-0.39, 0.29) is 22.6 Å². The maximum atomic E-state index is 12.7. The molecule has 2 aliphatic heterocycles. The van der Waals surface area contributed by atoms with Gasteiger partial charge in [0, 0.05) is 44.0 Å². The van der Waals surface area contributed by atoms with Crippen LogP contribution in [0.1, 0.15) is 34.6 Å². The van der Waals surface area contributed by atoms with Crippen LogP contribution in [0.25, 0.3) is 0 Å². The molecule has 4 heterocycles. The third-order valence-electron chi connectivity index (χ3n) is 6.15. The number of halogens is 5. The topological polar surface area (TPSA) is 98.1 Å². The van der Waals surface area contributed by atoms with E-state index in [1.807, 2.05) is 4.90 Å². The van der Waals surface area contributed by atoms with E-state index >= 15 is 0 Å². The highest BCUT2D eigenvalue weighted by molar-refractivity contribution is 5.93. The third-order valence-corrected chi connectivity index (χ3v) is 6.15. The number of piperidine rings is 1. The van der Waals surface area contributed by atoms with E-state index in [0.29, 0.717) is 38.2 Å². The first kappa shape index (κ1) is 23.8. The molecule has 2 saturated heterocycles. The number of alkyl halides is 5. The van der Waals surface area contributed by atoms with Crippen LogP contribution in [0.5, 0.6) is 0 Å². The van der Waals surface area contributed by atoms with Gasteiger partial charge in [-0.05, 0) is 25.0 Å². The fraction of sp³-hybridized carbons (Fsp3) is 0.476. The molecular weight excluding hydrogens is 461 g/mol. The molecule has 2 aromatic heterocycles. The van der Waals surface area contributed by atoms with Crippen LogP contribution in [-0.2, 0) is 6.18 Å². The number of nitrogens with zero attached hydrogens (tertiary/aromatic N) is 5. The van der Waals surface area contributed by atoms with Crippen molar-refractivity contribution in [1.82, 2.24) is 19.9 Å². The number of aromatic nitrogens is 3. The minimum Gasteiger partial charge on any atom is -0.362 e. The Labute approximate surface area is 191 Å².